The van der Waals surface area contributed by atoms with E-state index < -0.39 is 82.7 Å². The summed E-state index contributed by atoms with van der Waals surface area (Å²) < 4.78 is 163. The van der Waals surface area contributed by atoms with E-state index in [-0.39, 0.29) is 77.6 Å². The third-order valence-corrected chi connectivity index (χ3v) is 18.0. The number of fused-ring (bicyclic) bond motifs is 3. The zero-order valence-corrected chi connectivity index (χ0v) is 68.7. The van der Waals surface area contributed by atoms with Crippen LogP contribution in [0, 0.1) is 11.3 Å². The SMILES string of the molecule is C.C.C.C.C.C.C=CC(=O)OCCCCCCOc1ccc(/C=C/C(=O)Oc2ccc(OC(=O)/C=C/c3ccc(OCCCCCCOC(=O)C=C)cc3)c(C(F)(F)F)c2C(F)(F)F)cc1.C=CC(=O)OCOc1ccc(-c2ccc(C#N)cc2)cc1.C=CC(=O)OCOc1ccc(OCOc2ccc3c(c2)C(C)c2cc(OC(=O)c4ccc(OCOC(=O)C=C)cc4)ccc2-3)cc1. The Bertz CT molecular complexity index is 5230. The van der Waals surface area contributed by atoms with Crippen molar-refractivity contribution in [3.63, 3.8) is 0 Å². The van der Waals surface area contributed by atoms with Gasteiger partial charge in [0.2, 0.25) is 27.2 Å². The smallest absolute Gasteiger partial charge is 0.420 e. The summed E-state index contributed by atoms with van der Waals surface area (Å²) in [4.78, 5) is 92.9. The van der Waals surface area contributed by atoms with Crippen molar-refractivity contribution in [2.24, 2.45) is 0 Å². The van der Waals surface area contributed by atoms with Crippen molar-refractivity contribution < 1.29 is 136 Å². The van der Waals surface area contributed by atoms with E-state index in [1.54, 1.807) is 127 Å². The molecule has 9 aromatic rings. The maximum absolute atomic E-state index is 14.2. The minimum atomic E-state index is -5.69. The first-order valence-corrected chi connectivity index (χ1v) is 39.2. The first-order chi connectivity index (χ1) is 61.2. The summed E-state index contributed by atoms with van der Waals surface area (Å²) >= 11 is 0. The Labute approximate surface area is 771 Å². The average molecular weight is 1840 g/mol. The van der Waals surface area contributed by atoms with Gasteiger partial charge < -0.3 is 71.1 Å². The lowest BCUT2D eigenvalue weighted by molar-refractivity contribution is -0.164. The second-order valence-electron chi connectivity index (χ2n) is 26.7. The van der Waals surface area contributed by atoms with Gasteiger partial charge in [0.25, 0.3) is 0 Å². The number of ether oxygens (including phenoxy) is 15. The number of nitrogens with zero attached hydrogens (tertiary/aromatic N) is 1. The largest absolute Gasteiger partial charge is 0.494 e. The Balaban J connectivity index is 0.000000724. The summed E-state index contributed by atoms with van der Waals surface area (Å²) in [6, 6.07) is 54.8. The summed E-state index contributed by atoms with van der Waals surface area (Å²) in [7, 11) is 0. The maximum Gasteiger partial charge on any atom is 0.420 e. The van der Waals surface area contributed by atoms with Crippen LogP contribution in [0.1, 0.15) is 158 Å². The number of halogens is 6. The minimum absolute atomic E-state index is 0. The zero-order valence-electron chi connectivity index (χ0n) is 68.7. The quantitative estimate of drug-likeness (QED) is 0.00652. The van der Waals surface area contributed by atoms with Crippen LogP contribution < -0.4 is 47.4 Å². The Kier molecular flexibility index (Phi) is 50.4. The molecule has 30 heteroatoms. The van der Waals surface area contributed by atoms with Gasteiger partial charge in [-0.1, -0.05) is 145 Å². The van der Waals surface area contributed by atoms with Gasteiger partial charge in [-0.2, -0.15) is 31.6 Å². The topological polar surface area (TPSA) is 299 Å². The summed E-state index contributed by atoms with van der Waals surface area (Å²) in [5.41, 5.74) is 3.36. The molecule has 1 atom stereocenters. The Hall–Kier alpha value is -15.4. The molecule has 10 rings (SSSR count). The van der Waals surface area contributed by atoms with E-state index in [0.717, 1.165) is 114 Å². The maximum atomic E-state index is 14.2. The number of rotatable bonds is 43. The molecular weight excluding hydrogens is 1730 g/mol. The van der Waals surface area contributed by atoms with Crippen molar-refractivity contribution in [2.45, 2.75) is 121 Å². The lowest BCUT2D eigenvalue weighted by Crippen LogP contribution is -2.21. The Morgan fingerprint density at radius 3 is 1.01 bits per heavy atom. The van der Waals surface area contributed by atoms with E-state index in [0.29, 0.717) is 120 Å². The van der Waals surface area contributed by atoms with Gasteiger partial charge in [0.15, 0.2) is 0 Å². The molecule has 0 fully saturated rings. The number of nitriles is 1. The fraction of sp³-hybridized carbons (Fsp3) is 0.252. The van der Waals surface area contributed by atoms with Crippen LogP contribution in [0.2, 0.25) is 0 Å². The molecule has 0 radical (unpaired) electrons. The van der Waals surface area contributed by atoms with Crippen molar-refractivity contribution in [1.82, 2.24) is 0 Å². The van der Waals surface area contributed by atoms with E-state index in [1.165, 1.54) is 12.2 Å². The number of esters is 8. The second kappa shape index (κ2) is 58.9. The standard InChI is InChI=1S/C44H44F6O10.C36H30O10.C17H13NO3.6CH4/c1-3-37(51)57-29-11-7-5-9-27-55-33-19-13-31(14-20-33)17-25-39(53)59-35-23-24-36(42(44(48,49)50)41(35)43(45,46)47)60-40(54)26-18-32-15-21-34(22-16-32)56-28-10-6-8-12-30-58-38(52)4-2;1-4-34(37)44-21-41-25-8-6-24(7-9-25)36(39)46-29-15-17-31-30-16-14-28(18-32(30)23(3)33(31)19-29)43-20-40-26-10-12-27(13-11-26)42-22-45-35(38)5-2;1-2-17(19)21-12-20-16-9-7-15(8-10-16)14-5-3-13(11-18)4-6-14;;;;;;/h3-4,13-26H,1-2,5-12,27-30H2;4-19,23H,1-2,20-22H2,3H3;2-10H,1,12H2;6*1H4/b25-17+,26-18+;;;;;;;;. The van der Waals surface area contributed by atoms with E-state index in [1.807, 2.05) is 54.6 Å². The van der Waals surface area contributed by atoms with Gasteiger partial charge in [0, 0.05) is 48.5 Å². The van der Waals surface area contributed by atoms with Crippen LogP contribution in [0.4, 0.5) is 26.3 Å². The number of benzene rings is 9. The highest BCUT2D eigenvalue weighted by molar-refractivity contribution is 5.93. The number of alkyl halides is 6. The number of carbonyl (C=O) groups excluding carboxylic acids is 8. The van der Waals surface area contributed by atoms with Gasteiger partial charge in [0.1, 0.15) is 68.6 Å². The fourth-order valence-electron chi connectivity index (χ4n) is 11.6. The van der Waals surface area contributed by atoms with Crippen LogP contribution in [0.15, 0.2) is 270 Å². The number of hydrogen-bond donors (Lipinski definition) is 0. The van der Waals surface area contributed by atoms with Crippen LogP contribution >= 0.6 is 0 Å². The second-order valence-corrected chi connectivity index (χ2v) is 26.7. The molecule has 133 heavy (non-hydrogen) atoms. The van der Waals surface area contributed by atoms with Crippen LogP contribution in [-0.4, -0.2) is 101 Å². The molecule has 0 N–H and O–H groups in total. The first-order valence-electron chi connectivity index (χ1n) is 39.2. The van der Waals surface area contributed by atoms with Gasteiger partial charge in [-0.05, 0) is 241 Å². The predicted octanol–water partition coefficient (Wildman–Crippen LogP) is 24.0. The van der Waals surface area contributed by atoms with Crippen LogP contribution in [-0.2, 0) is 69.6 Å². The molecule has 0 saturated heterocycles. The van der Waals surface area contributed by atoms with Crippen molar-refractivity contribution in [3.05, 3.63) is 314 Å². The number of unbranched alkanes of at least 4 members (excludes halogenated alkanes) is 6. The van der Waals surface area contributed by atoms with E-state index >= 15 is 0 Å². The third-order valence-electron chi connectivity index (χ3n) is 18.0. The van der Waals surface area contributed by atoms with Gasteiger partial charge >= 0.3 is 60.1 Å². The monoisotopic (exact) mass is 1840 g/mol. The molecule has 9 aromatic carbocycles. The third kappa shape index (κ3) is 38.4. The van der Waals surface area contributed by atoms with Crippen molar-refractivity contribution in [3.8, 4) is 85.8 Å². The summed E-state index contributed by atoms with van der Waals surface area (Å²) in [5.74, 6) is -4.60. The van der Waals surface area contributed by atoms with Crippen molar-refractivity contribution in [2.75, 3.05) is 53.6 Å². The normalized spacial score (nSPS) is 11.0. The average Bonchev–Trinajstić information content (AvgIpc) is 1.69. The molecule has 0 amide bonds. The summed E-state index contributed by atoms with van der Waals surface area (Å²) in [6.07, 6.45) is 4.01. The predicted molar refractivity (Wildman–Crippen MR) is 495 cm³/mol. The first kappa shape index (κ1) is 114. The van der Waals surface area contributed by atoms with Crippen LogP contribution in [0.25, 0.3) is 34.4 Å². The molecule has 0 bridgehead atoms. The highest BCUT2D eigenvalue weighted by atomic mass is 19.4. The molecule has 24 nitrogen and oxygen atoms in total. The highest BCUT2D eigenvalue weighted by Crippen LogP contribution is 2.50. The van der Waals surface area contributed by atoms with Crippen LogP contribution in [0.3, 0.4) is 0 Å². The van der Waals surface area contributed by atoms with Crippen molar-refractivity contribution >= 4 is 59.9 Å². The summed E-state index contributed by atoms with van der Waals surface area (Å²) in [5, 5.41) is 8.77. The zero-order chi connectivity index (χ0) is 91.5. The molecule has 1 aliphatic carbocycles. The Morgan fingerprint density at radius 2 is 0.639 bits per heavy atom. The van der Waals surface area contributed by atoms with E-state index in [9.17, 15) is 64.7 Å². The number of hydrogen-bond acceptors (Lipinski definition) is 24. The summed E-state index contributed by atoms with van der Waals surface area (Å²) in [6.45, 7) is 19.4. The number of carbonyl (C=O) groups is 8. The molecule has 1 unspecified atom stereocenters. The highest BCUT2D eigenvalue weighted by Gasteiger charge is 2.49. The van der Waals surface area contributed by atoms with Crippen molar-refractivity contribution in [1.29, 1.82) is 5.26 Å². The molecule has 0 saturated carbocycles. The fourth-order valence-corrected chi connectivity index (χ4v) is 11.6. The van der Waals surface area contributed by atoms with Gasteiger partial charge in [-0.3, -0.25) is 0 Å². The molecule has 0 aromatic heterocycles. The molecule has 0 heterocycles. The Morgan fingerprint density at radius 1 is 0.338 bits per heavy atom. The van der Waals surface area contributed by atoms with E-state index in [4.69, 9.17) is 76.3 Å². The molecular formula is C103H111F6NO23. The molecule has 0 spiro atoms. The molecule has 708 valence electrons. The van der Waals surface area contributed by atoms with Gasteiger partial charge in [0.05, 0.1) is 43.6 Å². The van der Waals surface area contributed by atoms with Crippen LogP contribution in [0.5, 0.6) is 57.5 Å². The lowest BCUT2D eigenvalue weighted by Gasteiger charge is -2.21. The van der Waals surface area contributed by atoms with Gasteiger partial charge in [-0.15, -0.1) is 0 Å². The minimum Gasteiger partial charge on any atom is -0.494 e. The van der Waals surface area contributed by atoms with E-state index in [2.05, 4.69) is 45.9 Å². The molecule has 1 aliphatic rings. The lowest BCUT2D eigenvalue weighted by atomic mass is 9.99. The molecule has 0 aliphatic heterocycles. The van der Waals surface area contributed by atoms with Gasteiger partial charge in [-0.25, -0.2) is 38.4 Å².